The van der Waals surface area contributed by atoms with E-state index in [2.05, 4.69) is 9.71 Å². The van der Waals surface area contributed by atoms with Gasteiger partial charge in [-0.1, -0.05) is 0 Å². The van der Waals surface area contributed by atoms with Crippen molar-refractivity contribution in [3.05, 3.63) is 47.7 Å². The molecule has 2 aromatic rings. The molecule has 0 aliphatic heterocycles. The number of nitrogens with zero attached hydrogens (tertiary/aromatic N) is 1. The molecule has 0 fully saturated rings. The van der Waals surface area contributed by atoms with Crippen molar-refractivity contribution < 1.29 is 12.8 Å². The molecule has 0 radical (unpaired) electrons. The van der Waals surface area contributed by atoms with Gasteiger partial charge >= 0.3 is 0 Å². The minimum atomic E-state index is -3.69. The maximum atomic E-state index is 12.4. The summed E-state index contributed by atoms with van der Waals surface area (Å²) in [4.78, 5) is 4.08. The first-order valence-electron chi connectivity index (χ1n) is 6.16. The molecule has 2 heterocycles. The second-order valence-corrected chi connectivity index (χ2v) is 6.13. The number of hydrogen-bond acceptors (Lipinski definition) is 5. The maximum absolute atomic E-state index is 12.4. The van der Waals surface area contributed by atoms with Gasteiger partial charge in [0.2, 0.25) is 10.0 Å². The van der Waals surface area contributed by atoms with Crippen LogP contribution in [0.3, 0.4) is 0 Å². The van der Waals surface area contributed by atoms with Gasteiger partial charge in [0.25, 0.3) is 0 Å². The number of aromatic nitrogens is 1. The summed E-state index contributed by atoms with van der Waals surface area (Å²) in [5.41, 5.74) is 5.86. The van der Waals surface area contributed by atoms with Crippen molar-refractivity contribution in [2.75, 3.05) is 0 Å². The van der Waals surface area contributed by atoms with Gasteiger partial charge < -0.3 is 10.2 Å². The fourth-order valence-corrected chi connectivity index (χ4v) is 3.27. The van der Waals surface area contributed by atoms with Crippen LogP contribution in [0.25, 0.3) is 0 Å². The molecule has 7 heteroatoms. The highest BCUT2D eigenvalue weighted by molar-refractivity contribution is 7.89. The molecule has 0 amide bonds. The van der Waals surface area contributed by atoms with Crippen molar-refractivity contribution in [2.45, 2.75) is 31.3 Å². The average molecular weight is 295 g/mol. The normalized spacial score (nSPS) is 13.3. The third-order valence-electron chi connectivity index (χ3n) is 2.85. The third kappa shape index (κ3) is 3.06. The van der Waals surface area contributed by atoms with E-state index in [-0.39, 0.29) is 11.4 Å². The lowest BCUT2D eigenvalue weighted by molar-refractivity contribution is 0.441. The Hall–Kier alpha value is -1.70. The SMILES string of the molecule is Cc1ccc(C(C)NS(=O)(=O)c2cccnc2CN)o1. The van der Waals surface area contributed by atoms with Crippen molar-refractivity contribution in [3.63, 3.8) is 0 Å². The van der Waals surface area contributed by atoms with E-state index in [4.69, 9.17) is 10.2 Å². The number of aryl methyl sites for hydroxylation is 1. The summed E-state index contributed by atoms with van der Waals surface area (Å²) < 4.78 is 32.7. The summed E-state index contributed by atoms with van der Waals surface area (Å²) in [6, 6.07) is 6.11. The van der Waals surface area contributed by atoms with Crippen LogP contribution in [0, 0.1) is 6.92 Å². The van der Waals surface area contributed by atoms with Crippen LogP contribution in [0.2, 0.25) is 0 Å². The molecule has 0 bridgehead atoms. The lowest BCUT2D eigenvalue weighted by Crippen LogP contribution is -2.28. The van der Waals surface area contributed by atoms with E-state index < -0.39 is 16.1 Å². The number of sulfonamides is 1. The zero-order valence-electron chi connectivity index (χ0n) is 11.3. The number of rotatable bonds is 5. The Kier molecular flexibility index (Phi) is 4.22. The predicted octanol–water partition coefficient (Wildman–Crippen LogP) is 1.48. The molecule has 1 unspecified atom stereocenters. The quantitative estimate of drug-likeness (QED) is 0.870. The van der Waals surface area contributed by atoms with Gasteiger partial charge in [-0.05, 0) is 38.1 Å². The Morgan fingerprint density at radius 3 is 2.75 bits per heavy atom. The highest BCUT2D eigenvalue weighted by Crippen LogP contribution is 2.20. The van der Waals surface area contributed by atoms with E-state index in [1.54, 1.807) is 32.0 Å². The highest BCUT2D eigenvalue weighted by Gasteiger charge is 2.22. The van der Waals surface area contributed by atoms with Crippen LogP contribution >= 0.6 is 0 Å². The zero-order valence-corrected chi connectivity index (χ0v) is 12.1. The van der Waals surface area contributed by atoms with Crippen LogP contribution in [-0.4, -0.2) is 13.4 Å². The molecule has 3 N–H and O–H groups in total. The summed E-state index contributed by atoms with van der Waals surface area (Å²) in [6.45, 7) is 3.58. The molecular weight excluding hydrogens is 278 g/mol. The van der Waals surface area contributed by atoms with Gasteiger partial charge in [0.05, 0.1) is 11.7 Å². The Morgan fingerprint density at radius 2 is 2.15 bits per heavy atom. The van der Waals surface area contributed by atoms with Gasteiger partial charge in [-0.2, -0.15) is 0 Å². The largest absolute Gasteiger partial charge is 0.465 e. The molecule has 0 aromatic carbocycles. The van der Waals surface area contributed by atoms with E-state index in [1.165, 1.54) is 12.3 Å². The van der Waals surface area contributed by atoms with E-state index in [1.807, 2.05) is 0 Å². The summed E-state index contributed by atoms with van der Waals surface area (Å²) >= 11 is 0. The minimum absolute atomic E-state index is 0.0608. The predicted molar refractivity (Wildman–Crippen MR) is 74.3 cm³/mol. The van der Waals surface area contributed by atoms with E-state index in [0.717, 1.165) is 5.76 Å². The van der Waals surface area contributed by atoms with Crippen molar-refractivity contribution in [1.82, 2.24) is 9.71 Å². The first-order chi connectivity index (χ1) is 9.44. The van der Waals surface area contributed by atoms with Gasteiger partial charge in [0.1, 0.15) is 16.4 Å². The van der Waals surface area contributed by atoms with Gasteiger partial charge in [-0.15, -0.1) is 0 Å². The molecule has 0 aliphatic rings. The second kappa shape index (κ2) is 5.74. The molecule has 6 nitrogen and oxygen atoms in total. The van der Waals surface area contributed by atoms with Crippen molar-refractivity contribution in [2.24, 2.45) is 5.73 Å². The molecule has 0 aliphatic carbocycles. The second-order valence-electron chi connectivity index (χ2n) is 4.44. The highest BCUT2D eigenvalue weighted by atomic mass is 32.2. The number of furan rings is 1. The lowest BCUT2D eigenvalue weighted by atomic mass is 10.3. The molecule has 0 saturated heterocycles. The van der Waals surface area contributed by atoms with Crippen LogP contribution in [0.4, 0.5) is 0 Å². The van der Waals surface area contributed by atoms with E-state index >= 15 is 0 Å². The monoisotopic (exact) mass is 295 g/mol. The van der Waals surface area contributed by atoms with E-state index in [9.17, 15) is 8.42 Å². The molecule has 20 heavy (non-hydrogen) atoms. The Labute approximate surface area is 118 Å². The number of nitrogens with two attached hydrogens (primary N) is 1. The zero-order chi connectivity index (χ0) is 14.8. The van der Waals surface area contributed by atoms with Gasteiger partial charge in [0.15, 0.2) is 0 Å². The Balaban J connectivity index is 2.27. The minimum Gasteiger partial charge on any atom is -0.465 e. The topological polar surface area (TPSA) is 98.2 Å². The molecule has 1 atom stereocenters. The molecule has 2 aromatic heterocycles. The molecular formula is C13H17N3O3S. The molecule has 108 valence electrons. The number of pyridine rings is 1. The molecule has 2 rings (SSSR count). The Bertz CT molecular complexity index is 694. The smallest absolute Gasteiger partial charge is 0.243 e. The van der Waals surface area contributed by atoms with Crippen molar-refractivity contribution in [1.29, 1.82) is 0 Å². The van der Waals surface area contributed by atoms with Crippen LogP contribution < -0.4 is 10.5 Å². The van der Waals surface area contributed by atoms with Crippen LogP contribution in [-0.2, 0) is 16.6 Å². The average Bonchev–Trinajstić information content (AvgIpc) is 2.85. The summed E-state index contributed by atoms with van der Waals surface area (Å²) in [7, 11) is -3.69. The molecule has 0 saturated carbocycles. The first-order valence-corrected chi connectivity index (χ1v) is 7.65. The summed E-state index contributed by atoms with van der Waals surface area (Å²) in [5, 5.41) is 0. The van der Waals surface area contributed by atoms with Crippen molar-refractivity contribution >= 4 is 10.0 Å². The van der Waals surface area contributed by atoms with E-state index in [0.29, 0.717) is 11.5 Å². The number of nitrogens with one attached hydrogen (secondary N) is 1. The summed E-state index contributed by atoms with van der Waals surface area (Å²) in [5.74, 6) is 1.29. The third-order valence-corrected chi connectivity index (χ3v) is 4.47. The van der Waals surface area contributed by atoms with Gasteiger partial charge in [0, 0.05) is 12.7 Å². The molecule has 0 spiro atoms. The van der Waals surface area contributed by atoms with Crippen molar-refractivity contribution in [3.8, 4) is 0 Å². The lowest BCUT2D eigenvalue weighted by Gasteiger charge is -2.13. The van der Waals surface area contributed by atoms with Crippen LogP contribution in [0.5, 0.6) is 0 Å². The van der Waals surface area contributed by atoms with Gasteiger partial charge in [-0.3, -0.25) is 4.98 Å². The fourth-order valence-electron chi connectivity index (χ4n) is 1.86. The van der Waals surface area contributed by atoms with Crippen LogP contribution in [0.1, 0.15) is 30.2 Å². The Morgan fingerprint density at radius 1 is 1.40 bits per heavy atom. The van der Waals surface area contributed by atoms with Gasteiger partial charge in [-0.25, -0.2) is 13.1 Å². The standard InChI is InChI=1S/C13H17N3O3S/c1-9-5-6-12(19-9)10(2)16-20(17,18)13-4-3-7-15-11(13)8-14/h3-7,10,16H,8,14H2,1-2H3. The first kappa shape index (κ1) is 14.7. The summed E-state index contributed by atoms with van der Waals surface area (Å²) in [6.07, 6.45) is 1.51. The maximum Gasteiger partial charge on any atom is 0.243 e. The van der Waals surface area contributed by atoms with Crippen LogP contribution in [0.15, 0.2) is 39.8 Å². The number of hydrogen-bond donors (Lipinski definition) is 2. The fraction of sp³-hybridized carbons (Fsp3) is 0.308.